The van der Waals surface area contributed by atoms with E-state index < -0.39 is 5.97 Å². The van der Waals surface area contributed by atoms with E-state index in [1.54, 1.807) is 0 Å². The van der Waals surface area contributed by atoms with Gasteiger partial charge in [0.25, 0.3) is 0 Å². The maximum absolute atomic E-state index is 11.4. The molecular formula is C14H23N3O2S. The van der Waals surface area contributed by atoms with Crippen molar-refractivity contribution in [2.45, 2.75) is 38.6 Å². The highest BCUT2D eigenvalue weighted by molar-refractivity contribution is 7.17. The van der Waals surface area contributed by atoms with Gasteiger partial charge in [-0.3, -0.25) is 0 Å². The van der Waals surface area contributed by atoms with Gasteiger partial charge in [0.15, 0.2) is 5.13 Å². The average Bonchev–Trinajstić information content (AvgIpc) is 2.94. The number of aromatic nitrogens is 1. The van der Waals surface area contributed by atoms with E-state index in [-0.39, 0.29) is 5.41 Å². The molecule has 2 rings (SSSR count). The number of carbonyl (C=O) groups is 1. The van der Waals surface area contributed by atoms with E-state index in [4.69, 9.17) is 0 Å². The highest BCUT2D eigenvalue weighted by Gasteiger charge is 2.31. The zero-order valence-corrected chi connectivity index (χ0v) is 13.6. The van der Waals surface area contributed by atoms with Crippen molar-refractivity contribution in [2.24, 2.45) is 0 Å². The van der Waals surface area contributed by atoms with Crippen LogP contribution in [-0.4, -0.2) is 54.2 Å². The maximum Gasteiger partial charge on any atom is 0.347 e. The normalized spacial score (nSPS) is 19.9. The Labute approximate surface area is 124 Å². The topological polar surface area (TPSA) is 56.7 Å². The fourth-order valence-electron chi connectivity index (χ4n) is 2.43. The molecule has 1 unspecified atom stereocenters. The number of rotatable bonds is 3. The van der Waals surface area contributed by atoms with Crippen molar-refractivity contribution < 1.29 is 9.90 Å². The molecule has 1 fully saturated rings. The second-order valence-corrected chi connectivity index (χ2v) is 7.56. The van der Waals surface area contributed by atoms with Crippen molar-refractivity contribution in [3.05, 3.63) is 10.6 Å². The second-order valence-electron chi connectivity index (χ2n) is 6.58. The van der Waals surface area contributed by atoms with Crippen LogP contribution in [0.5, 0.6) is 0 Å². The zero-order valence-electron chi connectivity index (χ0n) is 12.8. The summed E-state index contributed by atoms with van der Waals surface area (Å²) in [4.78, 5) is 20.8. The first-order valence-corrected chi connectivity index (χ1v) is 7.67. The van der Waals surface area contributed by atoms with Crippen LogP contribution in [0.3, 0.4) is 0 Å². The predicted molar refractivity (Wildman–Crippen MR) is 82.1 cm³/mol. The molecule has 1 aromatic rings. The summed E-state index contributed by atoms with van der Waals surface area (Å²) in [5, 5.41) is 10.2. The third-order valence-corrected chi connectivity index (χ3v) is 4.79. The summed E-state index contributed by atoms with van der Waals surface area (Å²) in [6.45, 7) is 7.88. The summed E-state index contributed by atoms with van der Waals surface area (Å²) in [6, 6.07) is 0.519. The van der Waals surface area contributed by atoms with Crippen molar-refractivity contribution in [3.8, 4) is 0 Å². The summed E-state index contributed by atoms with van der Waals surface area (Å²) in [6.07, 6.45) is 1.10. The van der Waals surface area contributed by atoms with Gasteiger partial charge < -0.3 is 14.9 Å². The van der Waals surface area contributed by atoms with Gasteiger partial charge in [0.1, 0.15) is 4.88 Å². The van der Waals surface area contributed by atoms with E-state index in [0.717, 1.165) is 24.6 Å². The zero-order chi connectivity index (χ0) is 15.1. The molecular weight excluding hydrogens is 274 g/mol. The Hall–Kier alpha value is -1.14. The number of hydrogen-bond acceptors (Lipinski definition) is 5. The maximum atomic E-state index is 11.4. The second kappa shape index (κ2) is 5.33. The van der Waals surface area contributed by atoms with Gasteiger partial charge in [-0.25, -0.2) is 9.78 Å². The molecule has 1 saturated heterocycles. The quantitative estimate of drug-likeness (QED) is 0.927. The molecule has 1 aromatic heterocycles. The lowest BCUT2D eigenvalue weighted by atomic mass is 9.91. The molecule has 0 amide bonds. The molecule has 1 atom stereocenters. The van der Waals surface area contributed by atoms with Gasteiger partial charge in [-0.15, -0.1) is 0 Å². The Bertz CT molecular complexity index is 505. The number of hydrogen-bond donors (Lipinski definition) is 1. The van der Waals surface area contributed by atoms with E-state index in [1.807, 2.05) is 20.8 Å². The molecule has 6 heteroatoms. The third-order valence-electron chi connectivity index (χ3n) is 3.68. The molecule has 0 radical (unpaired) electrons. The Kier molecular flexibility index (Phi) is 4.07. The molecule has 1 aliphatic heterocycles. The fourth-order valence-corrected chi connectivity index (χ4v) is 3.58. The van der Waals surface area contributed by atoms with Crippen LogP contribution in [0.2, 0.25) is 0 Å². The molecule has 0 spiro atoms. The summed E-state index contributed by atoms with van der Waals surface area (Å²) in [5.74, 6) is -0.873. The van der Waals surface area contributed by atoms with Crippen LogP contribution in [0.15, 0.2) is 0 Å². The van der Waals surface area contributed by atoms with Gasteiger partial charge in [-0.2, -0.15) is 0 Å². The van der Waals surface area contributed by atoms with Crippen LogP contribution in [0.1, 0.15) is 42.6 Å². The minimum atomic E-state index is -0.873. The summed E-state index contributed by atoms with van der Waals surface area (Å²) >= 11 is 1.30. The van der Waals surface area contributed by atoms with Crippen LogP contribution >= 0.6 is 11.3 Å². The average molecular weight is 297 g/mol. The van der Waals surface area contributed by atoms with Crippen LogP contribution in [0, 0.1) is 0 Å². The van der Waals surface area contributed by atoms with Gasteiger partial charge in [0.05, 0.1) is 5.69 Å². The number of carboxylic acids is 1. The molecule has 20 heavy (non-hydrogen) atoms. The van der Waals surface area contributed by atoms with Crippen molar-refractivity contribution in [1.29, 1.82) is 0 Å². The van der Waals surface area contributed by atoms with Gasteiger partial charge in [0.2, 0.25) is 0 Å². The van der Waals surface area contributed by atoms with Crippen molar-refractivity contribution in [1.82, 2.24) is 9.88 Å². The van der Waals surface area contributed by atoms with E-state index in [0.29, 0.717) is 16.6 Å². The number of aromatic carboxylic acids is 1. The highest BCUT2D eigenvalue weighted by atomic mass is 32.1. The largest absolute Gasteiger partial charge is 0.477 e. The summed E-state index contributed by atoms with van der Waals surface area (Å²) < 4.78 is 0. The predicted octanol–water partition coefficient (Wildman–Crippen LogP) is 2.28. The third kappa shape index (κ3) is 2.96. The highest BCUT2D eigenvalue weighted by Crippen LogP contribution is 2.35. The standard InChI is InChI=1S/C14H23N3O2S/c1-14(2,3)11-10(12(18)19)20-13(15-11)17-7-6-9(8-17)16(4)5/h9H,6-8H2,1-5H3,(H,18,19). The van der Waals surface area contributed by atoms with E-state index in [1.165, 1.54) is 11.3 Å². The molecule has 0 aromatic carbocycles. The number of anilines is 1. The van der Waals surface area contributed by atoms with Crippen LogP contribution in [0.25, 0.3) is 0 Å². The van der Waals surface area contributed by atoms with E-state index >= 15 is 0 Å². The lowest BCUT2D eigenvalue weighted by Gasteiger charge is -2.20. The monoisotopic (exact) mass is 297 g/mol. The minimum absolute atomic E-state index is 0.247. The fraction of sp³-hybridized carbons (Fsp3) is 0.714. The van der Waals surface area contributed by atoms with E-state index in [2.05, 4.69) is 28.9 Å². The van der Waals surface area contributed by atoms with E-state index in [9.17, 15) is 9.90 Å². The lowest BCUT2D eigenvalue weighted by Crippen LogP contribution is -2.31. The first-order valence-electron chi connectivity index (χ1n) is 6.86. The SMILES string of the molecule is CN(C)C1CCN(c2nc(C(C)(C)C)c(C(=O)O)s2)C1. The molecule has 0 saturated carbocycles. The van der Waals surface area contributed by atoms with Gasteiger partial charge in [-0.05, 0) is 20.5 Å². The lowest BCUT2D eigenvalue weighted by molar-refractivity contribution is 0.0699. The smallest absolute Gasteiger partial charge is 0.347 e. The van der Waals surface area contributed by atoms with Crippen LogP contribution < -0.4 is 4.90 Å². The first kappa shape index (κ1) is 15.3. The summed E-state index contributed by atoms with van der Waals surface area (Å²) in [7, 11) is 4.17. The number of carboxylic acid groups (broad SMARTS) is 1. The van der Waals surface area contributed by atoms with Crippen molar-refractivity contribution in [2.75, 3.05) is 32.1 Å². The number of thiazole rings is 1. The molecule has 0 bridgehead atoms. The molecule has 5 nitrogen and oxygen atoms in total. The van der Waals surface area contributed by atoms with Crippen molar-refractivity contribution in [3.63, 3.8) is 0 Å². The molecule has 2 heterocycles. The van der Waals surface area contributed by atoms with Gasteiger partial charge in [0, 0.05) is 24.5 Å². The number of nitrogens with zero attached hydrogens (tertiary/aromatic N) is 3. The molecule has 1 aliphatic rings. The Morgan fingerprint density at radius 1 is 1.45 bits per heavy atom. The summed E-state index contributed by atoms with van der Waals surface area (Å²) in [5.41, 5.74) is 0.446. The molecule has 1 N–H and O–H groups in total. The molecule has 112 valence electrons. The van der Waals surface area contributed by atoms with Gasteiger partial charge >= 0.3 is 5.97 Å². The first-order chi connectivity index (χ1) is 9.20. The van der Waals surface area contributed by atoms with Crippen LogP contribution in [-0.2, 0) is 5.41 Å². The Morgan fingerprint density at radius 2 is 2.10 bits per heavy atom. The van der Waals surface area contributed by atoms with Gasteiger partial charge in [-0.1, -0.05) is 32.1 Å². The Balaban J connectivity index is 2.29. The van der Waals surface area contributed by atoms with Crippen LogP contribution in [0.4, 0.5) is 5.13 Å². The molecule has 0 aliphatic carbocycles. The number of likely N-dealkylation sites (N-methyl/N-ethyl adjacent to an activating group) is 1. The minimum Gasteiger partial charge on any atom is -0.477 e. The van der Waals surface area contributed by atoms with Crippen molar-refractivity contribution >= 4 is 22.4 Å². The Morgan fingerprint density at radius 3 is 2.50 bits per heavy atom.